The zero-order valence-electron chi connectivity index (χ0n) is 12.2. The smallest absolute Gasteiger partial charge is 0.246 e. The van der Waals surface area contributed by atoms with Gasteiger partial charge < -0.3 is 10.6 Å². The molecule has 0 saturated carbocycles. The van der Waals surface area contributed by atoms with Crippen molar-refractivity contribution in [3.63, 3.8) is 0 Å². The minimum Gasteiger partial charge on any atom is -0.374 e. The van der Waals surface area contributed by atoms with Gasteiger partial charge in [0.1, 0.15) is 6.04 Å². The van der Waals surface area contributed by atoms with E-state index in [9.17, 15) is 4.79 Å². The van der Waals surface area contributed by atoms with Crippen LogP contribution < -0.4 is 10.6 Å². The maximum atomic E-state index is 12.2. The highest BCUT2D eigenvalue weighted by atomic mass is 16.2. The van der Waals surface area contributed by atoms with Crippen molar-refractivity contribution in [1.29, 1.82) is 0 Å². The van der Waals surface area contributed by atoms with Crippen molar-refractivity contribution in [2.75, 3.05) is 10.6 Å². The number of fused-ring (bicyclic) bond motifs is 1. The Morgan fingerprint density at radius 3 is 2.57 bits per heavy atom. The minimum atomic E-state index is -0.273. The molecule has 0 heterocycles. The summed E-state index contributed by atoms with van der Waals surface area (Å²) >= 11 is 0. The Labute approximate surface area is 125 Å². The number of nitrogens with one attached hydrogen (secondary N) is 2. The lowest BCUT2D eigenvalue weighted by Crippen LogP contribution is -2.31. The first-order valence-electron chi connectivity index (χ1n) is 7.46. The van der Waals surface area contributed by atoms with E-state index in [1.54, 1.807) is 0 Å². The van der Waals surface area contributed by atoms with Crippen molar-refractivity contribution in [2.24, 2.45) is 0 Å². The molecule has 0 spiro atoms. The average molecular weight is 280 g/mol. The molecule has 0 aliphatic heterocycles. The van der Waals surface area contributed by atoms with Crippen LogP contribution in [0.5, 0.6) is 0 Å². The van der Waals surface area contributed by atoms with Gasteiger partial charge in [0.25, 0.3) is 0 Å². The Kier molecular flexibility index (Phi) is 3.91. The maximum absolute atomic E-state index is 12.2. The van der Waals surface area contributed by atoms with Gasteiger partial charge in [-0.05, 0) is 61.6 Å². The third kappa shape index (κ3) is 3.24. The second-order valence-electron chi connectivity index (χ2n) is 5.56. The van der Waals surface area contributed by atoms with E-state index in [1.807, 2.05) is 37.3 Å². The first-order chi connectivity index (χ1) is 10.2. The average Bonchev–Trinajstić information content (AvgIpc) is 2.95. The Balaban J connectivity index is 1.63. The summed E-state index contributed by atoms with van der Waals surface area (Å²) in [6, 6.07) is 15.7. The van der Waals surface area contributed by atoms with Crippen molar-refractivity contribution < 1.29 is 4.79 Å². The Morgan fingerprint density at radius 2 is 1.76 bits per heavy atom. The van der Waals surface area contributed by atoms with E-state index in [4.69, 9.17) is 0 Å². The second kappa shape index (κ2) is 6.00. The number of carbonyl (C=O) groups is 1. The van der Waals surface area contributed by atoms with Crippen LogP contribution >= 0.6 is 0 Å². The molecule has 2 aromatic rings. The lowest BCUT2D eigenvalue weighted by atomic mass is 10.1. The van der Waals surface area contributed by atoms with Crippen LogP contribution in [0.15, 0.2) is 48.5 Å². The van der Waals surface area contributed by atoms with E-state index in [-0.39, 0.29) is 11.9 Å². The molecular formula is C18H20N2O. The number of carbonyl (C=O) groups excluding carboxylic acids is 1. The van der Waals surface area contributed by atoms with E-state index in [0.717, 1.165) is 17.8 Å². The largest absolute Gasteiger partial charge is 0.374 e. The van der Waals surface area contributed by atoms with E-state index in [1.165, 1.54) is 24.0 Å². The minimum absolute atomic E-state index is 0.0262. The molecule has 0 fully saturated rings. The van der Waals surface area contributed by atoms with Gasteiger partial charge in [-0.3, -0.25) is 4.79 Å². The van der Waals surface area contributed by atoms with Crippen LogP contribution in [-0.2, 0) is 17.6 Å². The monoisotopic (exact) mass is 280 g/mol. The maximum Gasteiger partial charge on any atom is 0.246 e. The zero-order chi connectivity index (χ0) is 14.7. The number of para-hydroxylation sites is 1. The molecule has 0 saturated heterocycles. The summed E-state index contributed by atoms with van der Waals surface area (Å²) in [5.74, 6) is -0.0262. The standard InChI is InChI=1S/C18H20N2O/c1-13(18(21)20-16-8-3-2-4-9-16)19-17-11-10-14-6-5-7-15(14)12-17/h2-4,8-13,19H,5-7H2,1H3,(H,20,21)/t13-/m0/s1. The predicted molar refractivity (Wildman–Crippen MR) is 86.6 cm³/mol. The first-order valence-corrected chi connectivity index (χ1v) is 7.46. The summed E-state index contributed by atoms with van der Waals surface area (Å²) in [5.41, 5.74) is 4.70. The molecule has 0 aromatic heterocycles. The molecule has 1 aliphatic rings. The molecule has 0 radical (unpaired) electrons. The van der Waals surface area contributed by atoms with Gasteiger partial charge in [-0.25, -0.2) is 0 Å². The number of hydrogen-bond donors (Lipinski definition) is 2. The van der Waals surface area contributed by atoms with Crippen LogP contribution in [0.3, 0.4) is 0 Å². The van der Waals surface area contributed by atoms with Gasteiger partial charge in [0.15, 0.2) is 0 Å². The normalized spacial score (nSPS) is 14.3. The highest BCUT2D eigenvalue weighted by Gasteiger charge is 2.15. The van der Waals surface area contributed by atoms with Crippen LogP contribution in [0.1, 0.15) is 24.5 Å². The topological polar surface area (TPSA) is 41.1 Å². The Bertz CT molecular complexity index is 637. The molecule has 21 heavy (non-hydrogen) atoms. The van der Waals surface area contributed by atoms with Crippen molar-refractivity contribution >= 4 is 17.3 Å². The van der Waals surface area contributed by atoms with Gasteiger partial charge in [0.05, 0.1) is 0 Å². The molecular weight excluding hydrogens is 260 g/mol. The van der Waals surface area contributed by atoms with E-state index in [2.05, 4.69) is 28.8 Å². The van der Waals surface area contributed by atoms with E-state index in [0.29, 0.717) is 0 Å². The third-order valence-corrected chi connectivity index (χ3v) is 3.92. The van der Waals surface area contributed by atoms with Crippen molar-refractivity contribution in [3.8, 4) is 0 Å². The van der Waals surface area contributed by atoms with Gasteiger partial charge in [0, 0.05) is 11.4 Å². The van der Waals surface area contributed by atoms with Crippen molar-refractivity contribution in [3.05, 3.63) is 59.7 Å². The van der Waals surface area contributed by atoms with Crippen LogP contribution in [0.2, 0.25) is 0 Å². The number of anilines is 2. The predicted octanol–water partition coefficient (Wildman–Crippen LogP) is 3.61. The quantitative estimate of drug-likeness (QED) is 0.898. The number of amides is 1. The fourth-order valence-electron chi connectivity index (χ4n) is 2.75. The molecule has 3 nitrogen and oxygen atoms in total. The Hall–Kier alpha value is -2.29. The molecule has 1 atom stereocenters. The third-order valence-electron chi connectivity index (χ3n) is 3.92. The van der Waals surface area contributed by atoms with Gasteiger partial charge >= 0.3 is 0 Å². The number of hydrogen-bond acceptors (Lipinski definition) is 2. The van der Waals surface area contributed by atoms with Crippen molar-refractivity contribution in [1.82, 2.24) is 0 Å². The summed E-state index contributed by atoms with van der Waals surface area (Å²) in [4.78, 5) is 12.2. The highest BCUT2D eigenvalue weighted by molar-refractivity contribution is 5.96. The number of aryl methyl sites for hydroxylation is 2. The lowest BCUT2D eigenvalue weighted by Gasteiger charge is -2.16. The zero-order valence-corrected chi connectivity index (χ0v) is 12.2. The second-order valence-corrected chi connectivity index (χ2v) is 5.56. The molecule has 1 aliphatic carbocycles. The van der Waals surface area contributed by atoms with E-state index < -0.39 is 0 Å². The molecule has 0 bridgehead atoms. The molecule has 108 valence electrons. The molecule has 3 heteroatoms. The molecule has 0 unspecified atom stereocenters. The Morgan fingerprint density at radius 1 is 1.00 bits per heavy atom. The van der Waals surface area contributed by atoms with Crippen LogP contribution in [0.25, 0.3) is 0 Å². The molecule has 1 amide bonds. The van der Waals surface area contributed by atoms with Crippen molar-refractivity contribution in [2.45, 2.75) is 32.2 Å². The van der Waals surface area contributed by atoms with E-state index >= 15 is 0 Å². The van der Waals surface area contributed by atoms with Gasteiger partial charge in [-0.1, -0.05) is 24.3 Å². The lowest BCUT2D eigenvalue weighted by molar-refractivity contribution is -0.116. The highest BCUT2D eigenvalue weighted by Crippen LogP contribution is 2.25. The van der Waals surface area contributed by atoms with Gasteiger partial charge in [0.2, 0.25) is 5.91 Å². The fraction of sp³-hybridized carbons (Fsp3) is 0.278. The number of benzene rings is 2. The summed E-state index contributed by atoms with van der Waals surface area (Å²) in [6.07, 6.45) is 3.57. The summed E-state index contributed by atoms with van der Waals surface area (Å²) < 4.78 is 0. The van der Waals surface area contributed by atoms with Crippen LogP contribution in [-0.4, -0.2) is 11.9 Å². The molecule has 3 rings (SSSR count). The number of rotatable bonds is 4. The summed E-state index contributed by atoms with van der Waals surface area (Å²) in [5, 5.41) is 6.19. The van der Waals surface area contributed by atoms with Crippen LogP contribution in [0.4, 0.5) is 11.4 Å². The molecule has 2 aromatic carbocycles. The summed E-state index contributed by atoms with van der Waals surface area (Å²) in [7, 11) is 0. The van der Waals surface area contributed by atoms with Gasteiger partial charge in [-0.15, -0.1) is 0 Å². The van der Waals surface area contributed by atoms with Gasteiger partial charge in [-0.2, -0.15) is 0 Å². The molecule has 2 N–H and O–H groups in total. The van der Waals surface area contributed by atoms with Crippen LogP contribution in [0, 0.1) is 0 Å². The first kappa shape index (κ1) is 13.7. The fourth-order valence-corrected chi connectivity index (χ4v) is 2.75. The summed E-state index contributed by atoms with van der Waals surface area (Å²) in [6.45, 7) is 1.88. The SMILES string of the molecule is C[C@H](Nc1ccc2c(c1)CCC2)C(=O)Nc1ccccc1.